The van der Waals surface area contributed by atoms with Gasteiger partial charge in [0.25, 0.3) is 0 Å². The zero-order chi connectivity index (χ0) is 17.2. The van der Waals surface area contributed by atoms with E-state index in [1.807, 2.05) is 18.2 Å². The van der Waals surface area contributed by atoms with Gasteiger partial charge in [-0.05, 0) is 29.3 Å². The predicted molar refractivity (Wildman–Crippen MR) is 97.6 cm³/mol. The molecule has 2 aromatic carbocycles. The highest BCUT2D eigenvalue weighted by molar-refractivity contribution is 5.95. The van der Waals surface area contributed by atoms with Gasteiger partial charge in [-0.25, -0.2) is 0 Å². The van der Waals surface area contributed by atoms with Crippen LogP contribution in [0.1, 0.15) is 23.5 Å². The number of carbonyl (C=O) groups is 1. The SMILES string of the molecule is COc1ccc2c(c1)NC(=O)CC2c1ccc(N2CCOCC2)cc1. The fourth-order valence-corrected chi connectivity index (χ4v) is 3.61. The van der Waals surface area contributed by atoms with E-state index < -0.39 is 0 Å². The van der Waals surface area contributed by atoms with Crippen LogP contribution in [0.15, 0.2) is 42.5 Å². The van der Waals surface area contributed by atoms with Gasteiger partial charge in [0.05, 0.1) is 20.3 Å². The third kappa shape index (κ3) is 3.20. The summed E-state index contributed by atoms with van der Waals surface area (Å²) in [5, 5.41) is 2.96. The lowest BCUT2D eigenvalue weighted by atomic mass is 9.84. The van der Waals surface area contributed by atoms with Gasteiger partial charge in [0.1, 0.15) is 5.75 Å². The van der Waals surface area contributed by atoms with E-state index in [0.29, 0.717) is 6.42 Å². The molecule has 1 amide bonds. The molecule has 0 aromatic heterocycles. The summed E-state index contributed by atoms with van der Waals surface area (Å²) in [7, 11) is 1.63. The minimum atomic E-state index is 0.0445. The van der Waals surface area contributed by atoms with Crippen molar-refractivity contribution in [2.75, 3.05) is 43.6 Å². The first-order valence-electron chi connectivity index (χ1n) is 8.65. The van der Waals surface area contributed by atoms with E-state index in [1.54, 1.807) is 7.11 Å². The number of benzene rings is 2. The Labute approximate surface area is 147 Å². The number of fused-ring (bicyclic) bond motifs is 1. The number of methoxy groups -OCH3 is 1. The van der Waals surface area contributed by atoms with E-state index in [9.17, 15) is 4.79 Å². The summed E-state index contributed by atoms with van der Waals surface area (Å²) in [6, 6.07) is 14.5. The minimum absolute atomic E-state index is 0.0445. The van der Waals surface area contributed by atoms with Gasteiger partial charge in [-0.1, -0.05) is 18.2 Å². The highest BCUT2D eigenvalue weighted by Gasteiger charge is 2.27. The maximum Gasteiger partial charge on any atom is 0.225 e. The van der Waals surface area contributed by atoms with Crippen molar-refractivity contribution in [2.24, 2.45) is 0 Å². The molecule has 5 heteroatoms. The van der Waals surface area contributed by atoms with E-state index >= 15 is 0 Å². The van der Waals surface area contributed by atoms with E-state index in [2.05, 4.69) is 34.5 Å². The first kappa shape index (κ1) is 16.0. The van der Waals surface area contributed by atoms with Crippen molar-refractivity contribution in [3.63, 3.8) is 0 Å². The first-order chi connectivity index (χ1) is 12.2. The van der Waals surface area contributed by atoms with Crippen LogP contribution < -0.4 is 15.0 Å². The van der Waals surface area contributed by atoms with Gasteiger partial charge in [-0.15, -0.1) is 0 Å². The molecular formula is C20H22N2O3. The van der Waals surface area contributed by atoms with E-state index in [-0.39, 0.29) is 11.8 Å². The average Bonchev–Trinajstić information content (AvgIpc) is 2.67. The average molecular weight is 338 g/mol. The molecule has 1 N–H and O–H groups in total. The third-order valence-electron chi connectivity index (χ3n) is 4.97. The van der Waals surface area contributed by atoms with Gasteiger partial charge in [-0.3, -0.25) is 4.79 Å². The molecular weight excluding hydrogens is 316 g/mol. The molecule has 2 heterocycles. The van der Waals surface area contributed by atoms with Gasteiger partial charge < -0.3 is 19.7 Å². The highest BCUT2D eigenvalue weighted by atomic mass is 16.5. The van der Waals surface area contributed by atoms with Crippen LogP contribution in [0.4, 0.5) is 11.4 Å². The second kappa shape index (κ2) is 6.76. The third-order valence-corrected chi connectivity index (χ3v) is 4.97. The Morgan fingerprint density at radius 2 is 1.88 bits per heavy atom. The summed E-state index contributed by atoms with van der Waals surface area (Å²) in [6.07, 6.45) is 0.468. The molecule has 0 spiro atoms. The zero-order valence-corrected chi connectivity index (χ0v) is 14.3. The maximum absolute atomic E-state index is 12.1. The Bertz CT molecular complexity index is 767. The van der Waals surface area contributed by atoms with Crippen molar-refractivity contribution in [1.82, 2.24) is 0 Å². The van der Waals surface area contributed by atoms with E-state index in [1.165, 1.54) is 11.3 Å². The molecule has 1 fully saturated rings. The standard InChI is InChI=1S/C20H22N2O3/c1-24-16-6-7-17-18(13-20(23)21-19(17)12-16)14-2-4-15(5-3-14)22-8-10-25-11-9-22/h2-7,12,18H,8-11,13H2,1H3,(H,21,23). The van der Waals surface area contributed by atoms with Gasteiger partial charge in [-0.2, -0.15) is 0 Å². The largest absolute Gasteiger partial charge is 0.497 e. The monoisotopic (exact) mass is 338 g/mol. The van der Waals surface area contributed by atoms with Crippen LogP contribution in [-0.4, -0.2) is 39.3 Å². The molecule has 2 aliphatic heterocycles. The summed E-state index contributed by atoms with van der Waals surface area (Å²) < 4.78 is 10.7. The molecule has 0 saturated carbocycles. The van der Waals surface area contributed by atoms with Crippen molar-refractivity contribution in [1.29, 1.82) is 0 Å². The van der Waals surface area contributed by atoms with Gasteiger partial charge in [0.2, 0.25) is 5.91 Å². The van der Waals surface area contributed by atoms with Crippen molar-refractivity contribution in [2.45, 2.75) is 12.3 Å². The number of anilines is 2. The quantitative estimate of drug-likeness (QED) is 0.935. The number of morpholine rings is 1. The lowest BCUT2D eigenvalue weighted by Gasteiger charge is -2.30. The molecule has 1 atom stereocenters. The summed E-state index contributed by atoms with van der Waals surface area (Å²) in [6.45, 7) is 3.40. The highest BCUT2D eigenvalue weighted by Crippen LogP contribution is 2.39. The Kier molecular flexibility index (Phi) is 4.32. The molecule has 1 unspecified atom stereocenters. The molecule has 0 aliphatic carbocycles. The number of hydrogen-bond acceptors (Lipinski definition) is 4. The van der Waals surface area contributed by atoms with Crippen molar-refractivity contribution in [3.05, 3.63) is 53.6 Å². The van der Waals surface area contributed by atoms with Crippen LogP contribution in [0, 0.1) is 0 Å². The van der Waals surface area contributed by atoms with Crippen molar-refractivity contribution in [3.8, 4) is 5.75 Å². The van der Waals surface area contributed by atoms with Crippen LogP contribution in [0.5, 0.6) is 5.75 Å². The summed E-state index contributed by atoms with van der Waals surface area (Å²) >= 11 is 0. The topological polar surface area (TPSA) is 50.8 Å². The number of rotatable bonds is 3. The zero-order valence-electron chi connectivity index (χ0n) is 14.3. The fourth-order valence-electron chi connectivity index (χ4n) is 3.61. The molecule has 130 valence electrons. The number of nitrogens with zero attached hydrogens (tertiary/aromatic N) is 1. The number of carbonyl (C=O) groups excluding carboxylic acids is 1. The Hall–Kier alpha value is -2.53. The molecule has 2 aromatic rings. The maximum atomic E-state index is 12.1. The van der Waals surface area contributed by atoms with Crippen molar-refractivity contribution < 1.29 is 14.3 Å². The van der Waals surface area contributed by atoms with Crippen LogP contribution in [0.25, 0.3) is 0 Å². The van der Waals surface area contributed by atoms with Gasteiger partial charge in [0.15, 0.2) is 0 Å². The van der Waals surface area contributed by atoms with Crippen molar-refractivity contribution >= 4 is 17.3 Å². The molecule has 25 heavy (non-hydrogen) atoms. The Morgan fingerprint density at radius 3 is 2.60 bits per heavy atom. The van der Waals surface area contributed by atoms with Crippen LogP contribution in [-0.2, 0) is 9.53 Å². The summed E-state index contributed by atoms with van der Waals surface area (Å²) in [4.78, 5) is 14.5. The Balaban J connectivity index is 1.62. The number of amides is 1. The molecule has 2 aliphatic rings. The minimum Gasteiger partial charge on any atom is -0.497 e. The Morgan fingerprint density at radius 1 is 1.12 bits per heavy atom. The second-order valence-corrected chi connectivity index (χ2v) is 6.45. The molecule has 1 saturated heterocycles. The van der Waals surface area contributed by atoms with E-state index in [4.69, 9.17) is 9.47 Å². The van der Waals surface area contributed by atoms with Gasteiger partial charge >= 0.3 is 0 Å². The fraction of sp³-hybridized carbons (Fsp3) is 0.350. The number of nitrogens with one attached hydrogen (secondary N) is 1. The molecule has 0 bridgehead atoms. The number of ether oxygens (including phenoxy) is 2. The summed E-state index contributed by atoms with van der Waals surface area (Å²) in [5.41, 5.74) is 4.36. The van der Waals surface area contributed by atoms with E-state index in [0.717, 1.165) is 43.3 Å². The predicted octanol–water partition coefficient (Wildman–Crippen LogP) is 3.01. The second-order valence-electron chi connectivity index (χ2n) is 6.45. The molecule has 4 rings (SSSR count). The number of hydrogen-bond donors (Lipinski definition) is 1. The lowest BCUT2D eigenvalue weighted by Crippen LogP contribution is -2.36. The normalized spacial score (nSPS) is 20.0. The van der Waals surface area contributed by atoms with Crippen LogP contribution in [0.3, 0.4) is 0 Å². The smallest absolute Gasteiger partial charge is 0.225 e. The lowest BCUT2D eigenvalue weighted by molar-refractivity contribution is -0.116. The van der Waals surface area contributed by atoms with Crippen LogP contribution >= 0.6 is 0 Å². The molecule has 0 radical (unpaired) electrons. The van der Waals surface area contributed by atoms with Crippen LogP contribution in [0.2, 0.25) is 0 Å². The van der Waals surface area contributed by atoms with Gasteiger partial charge in [0, 0.05) is 42.9 Å². The molecule has 5 nitrogen and oxygen atoms in total. The summed E-state index contributed by atoms with van der Waals surface area (Å²) in [5.74, 6) is 0.874. The first-order valence-corrected chi connectivity index (χ1v) is 8.65.